The van der Waals surface area contributed by atoms with E-state index in [4.69, 9.17) is 4.98 Å². The minimum Gasteiger partial charge on any atom is -0.388 e. The molecule has 0 amide bonds. The van der Waals surface area contributed by atoms with Crippen LogP contribution in [-0.4, -0.2) is 15.2 Å². The molecule has 3 rings (SSSR count). The van der Waals surface area contributed by atoms with Gasteiger partial charge in [0.2, 0.25) is 0 Å². The lowest BCUT2D eigenvalue weighted by Gasteiger charge is -2.37. The number of pyridine rings is 1. The maximum atomic E-state index is 14.2. The molecule has 7 heteroatoms. The van der Waals surface area contributed by atoms with Gasteiger partial charge in [0.1, 0.15) is 11.9 Å². The number of aliphatic hydroxyl groups is 2. The van der Waals surface area contributed by atoms with E-state index < -0.39 is 29.8 Å². The van der Waals surface area contributed by atoms with Gasteiger partial charge in [-0.05, 0) is 53.9 Å². The molecule has 1 unspecified atom stereocenters. The number of fused-ring (bicyclic) bond motifs is 1. The summed E-state index contributed by atoms with van der Waals surface area (Å²) in [5, 5.41) is 22.1. The van der Waals surface area contributed by atoms with E-state index in [0.717, 1.165) is 23.4 Å². The molecule has 3 nitrogen and oxygen atoms in total. The third-order valence-electron chi connectivity index (χ3n) is 6.01. The molecule has 1 aromatic carbocycles. The van der Waals surface area contributed by atoms with E-state index in [1.165, 1.54) is 0 Å². The van der Waals surface area contributed by atoms with Crippen molar-refractivity contribution in [3.63, 3.8) is 0 Å². The van der Waals surface area contributed by atoms with E-state index in [0.29, 0.717) is 42.1 Å². The summed E-state index contributed by atoms with van der Waals surface area (Å²) in [6.07, 6.45) is -5.20. The zero-order valence-electron chi connectivity index (χ0n) is 18.4. The molecule has 2 atom stereocenters. The van der Waals surface area contributed by atoms with Crippen molar-refractivity contribution in [3.05, 3.63) is 63.2 Å². The minimum absolute atomic E-state index is 0.0227. The van der Waals surface area contributed by atoms with E-state index >= 15 is 0 Å². The number of benzene rings is 1. The predicted molar refractivity (Wildman–Crippen MR) is 110 cm³/mol. The number of rotatable bonds is 4. The van der Waals surface area contributed by atoms with E-state index in [1.54, 1.807) is 0 Å². The van der Waals surface area contributed by atoms with E-state index in [1.807, 2.05) is 20.8 Å². The molecule has 0 fully saturated rings. The molecule has 2 aromatic rings. The van der Waals surface area contributed by atoms with Crippen LogP contribution in [0.2, 0.25) is 0 Å². The quantitative estimate of drug-likeness (QED) is 0.574. The van der Waals surface area contributed by atoms with Gasteiger partial charge in [0, 0.05) is 22.5 Å². The lowest BCUT2D eigenvalue weighted by Crippen LogP contribution is -2.29. The molecule has 0 radical (unpaired) electrons. The largest absolute Gasteiger partial charge is 0.419 e. The molecule has 170 valence electrons. The van der Waals surface area contributed by atoms with Crippen LogP contribution in [0, 0.1) is 11.2 Å². The SMILES string of the molecule is CCc1c2c(nc(C(C)C)c1[C@@H](O)c1ccc(C(F)(F)F)c(F)c1)CC(C)(C)CC2O. The summed E-state index contributed by atoms with van der Waals surface area (Å²) >= 11 is 0. The molecule has 0 aliphatic heterocycles. The first kappa shape index (κ1) is 23.7. The van der Waals surface area contributed by atoms with Gasteiger partial charge < -0.3 is 10.2 Å². The number of halogens is 4. The van der Waals surface area contributed by atoms with Crippen LogP contribution in [0.4, 0.5) is 17.6 Å². The summed E-state index contributed by atoms with van der Waals surface area (Å²) in [6, 6.07) is 2.48. The molecule has 1 aliphatic carbocycles. The zero-order valence-corrected chi connectivity index (χ0v) is 18.4. The summed E-state index contributed by atoms with van der Waals surface area (Å²) in [5.41, 5.74) is 1.81. The van der Waals surface area contributed by atoms with Gasteiger partial charge >= 0.3 is 6.18 Å². The van der Waals surface area contributed by atoms with Crippen LogP contribution < -0.4 is 0 Å². The van der Waals surface area contributed by atoms with Crippen molar-refractivity contribution in [1.82, 2.24) is 4.98 Å². The van der Waals surface area contributed by atoms with Gasteiger partial charge in [-0.25, -0.2) is 4.39 Å². The predicted octanol–water partition coefficient (Wildman–Crippen LogP) is 6.01. The molecule has 0 saturated heterocycles. The Morgan fingerprint density at radius 1 is 1.23 bits per heavy atom. The first-order chi connectivity index (χ1) is 14.3. The third-order valence-corrected chi connectivity index (χ3v) is 6.01. The molecule has 0 bridgehead atoms. The fourth-order valence-corrected chi connectivity index (χ4v) is 4.64. The van der Waals surface area contributed by atoms with Crippen molar-refractivity contribution in [3.8, 4) is 0 Å². The van der Waals surface area contributed by atoms with Gasteiger partial charge in [0.05, 0.1) is 11.7 Å². The fourth-order valence-electron chi connectivity index (χ4n) is 4.64. The maximum Gasteiger partial charge on any atom is 0.419 e. The lowest BCUT2D eigenvalue weighted by atomic mass is 9.72. The van der Waals surface area contributed by atoms with Crippen LogP contribution >= 0.6 is 0 Å². The highest BCUT2D eigenvalue weighted by Gasteiger charge is 2.38. The van der Waals surface area contributed by atoms with E-state index in [9.17, 15) is 27.8 Å². The standard InChI is InChI=1S/C24H29F4NO2/c1-6-14-19-17(10-23(4,5)11-18(19)30)29-21(12(2)3)20(14)22(31)13-7-8-15(16(25)9-13)24(26,27)28/h7-9,12,18,22,30-31H,6,10-11H2,1-5H3/t18?,22-/m0/s1. The van der Waals surface area contributed by atoms with Crippen molar-refractivity contribution in [1.29, 1.82) is 0 Å². The molecule has 1 heterocycles. The van der Waals surface area contributed by atoms with Gasteiger partial charge in [0.15, 0.2) is 0 Å². The van der Waals surface area contributed by atoms with Crippen molar-refractivity contribution >= 4 is 0 Å². The maximum absolute atomic E-state index is 14.2. The van der Waals surface area contributed by atoms with Crippen LogP contribution in [0.15, 0.2) is 18.2 Å². The third kappa shape index (κ3) is 4.48. The number of aliphatic hydroxyl groups excluding tert-OH is 2. The Morgan fingerprint density at radius 2 is 1.87 bits per heavy atom. The van der Waals surface area contributed by atoms with Gasteiger partial charge in [0.25, 0.3) is 0 Å². The Morgan fingerprint density at radius 3 is 2.39 bits per heavy atom. The second-order valence-corrected chi connectivity index (χ2v) is 9.46. The van der Waals surface area contributed by atoms with Crippen LogP contribution in [0.1, 0.15) is 98.4 Å². The topological polar surface area (TPSA) is 53.4 Å². The van der Waals surface area contributed by atoms with E-state index in [2.05, 4.69) is 13.8 Å². The van der Waals surface area contributed by atoms with Gasteiger partial charge in [-0.2, -0.15) is 13.2 Å². The zero-order chi connectivity index (χ0) is 23.3. The van der Waals surface area contributed by atoms with Crippen LogP contribution in [0.25, 0.3) is 0 Å². The normalized spacial score (nSPS) is 19.4. The summed E-state index contributed by atoms with van der Waals surface area (Å²) in [4.78, 5) is 4.80. The number of aromatic nitrogens is 1. The average Bonchev–Trinajstić information content (AvgIpc) is 2.63. The van der Waals surface area contributed by atoms with Crippen molar-refractivity contribution in [2.75, 3.05) is 0 Å². The Hall–Kier alpha value is -1.99. The summed E-state index contributed by atoms with van der Waals surface area (Å²) < 4.78 is 53.0. The molecule has 0 spiro atoms. The highest BCUT2D eigenvalue weighted by molar-refractivity contribution is 5.48. The van der Waals surface area contributed by atoms with Crippen molar-refractivity contribution in [2.24, 2.45) is 5.41 Å². The molecular formula is C24H29F4NO2. The Kier molecular flexibility index (Phi) is 6.24. The number of hydrogen-bond acceptors (Lipinski definition) is 3. The fraction of sp³-hybridized carbons (Fsp3) is 0.542. The second-order valence-electron chi connectivity index (χ2n) is 9.46. The van der Waals surface area contributed by atoms with E-state index in [-0.39, 0.29) is 16.9 Å². The smallest absolute Gasteiger partial charge is 0.388 e. The Balaban J connectivity index is 2.21. The average molecular weight is 439 g/mol. The van der Waals surface area contributed by atoms with Gasteiger partial charge in [-0.1, -0.05) is 40.7 Å². The molecule has 2 N–H and O–H groups in total. The molecule has 1 aliphatic rings. The first-order valence-corrected chi connectivity index (χ1v) is 10.5. The second kappa shape index (κ2) is 8.17. The molecular weight excluding hydrogens is 410 g/mol. The highest BCUT2D eigenvalue weighted by atomic mass is 19.4. The van der Waals surface area contributed by atoms with Crippen LogP contribution in [-0.2, 0) is 19.0 Å². The van der Waals surface area contributed by atoms with Gasteiger partial charge in [-0.3, -0.25) is 4.98 Å². The lowest BCUT2D eigenvalue weighted by molar-refractivity contribution is -0.140. The number of alkyl halides is 3. The monoisotopic (exact) mass is 439 g/mol. The highest BCUT2D eigenvalue weighted by Crippen LogP contribution is 2.45. The number of hydrogen-bond donors (Lipinski definition) is 2. The Bertz CT molecular complexity index is 983. The molecule has 0 saturated carbocycles. The van der Waals surface area contributed by atoms with Crippen LogP contribution in [0.5, 0.6) is 0 Å². The van der Waals surface area contributed by atoms with Crippen molar-refractivity contribution in [2.45, 2.75) is 78.2 Å². The van der Waals surface area contributed by atoms with Crippen LogP contribution in [0.3, 0.4) is 0 Å². The summed E-state index contributed by atoms with van der Waals surface area (Å²) in [6.45, 7) is 9.87. The van der Waals surface area contributed by atoms with Crippen molar-refractivity contribution < 1.29 is 27.8 Å². The first-order valence-electron chi connectivity index (χ1n) is 10.5. The molecule has 31 heavy (non-hydrogen) atoms. The minimum atomic E-state index is -4.81. The molecule has 1 aromatic heterocycles. The van der Waals surface area contributed by atoms with Gasteiger partial charge in [-0.15, -0.1) is 0 Å². The summed E-state index contributed by atoms with van der Waals surface area (Å²) in [5.74, 6) is -1.51. The Labute approximate surface area is 180 Å². The number of nitrogens with zero attached hydrogens (tertiary/aromatic N) is 1. The summed E-state index contributed by atoms with van der Waals surface area (Å²) in [7, 11) is 0.